The molecule has 104 valence electrons. The first-order valence-electron chi connectivity index (χ1n) is 6.20. The number of amides is 1. The highest BCUT2D eigenvalue weighted by Crippen LogP contribution is 2.32. The standard InChI is InChI=1S/C14H14N2O3S/c1-18-10-4-3-9(12(8-10)19-2)7-11-13(17)15-14-16(11)5-6-20-14/h3-4,7-8H,5-6H2,1-2H3/b11-7-. The lowest BCUT2D eigenvalue weighted by Crippen LogP contribution is -2.20. The Bertz CT molecular complexity index is 625. The molecule has 0 spiro atoms. The van der Waals surface area contributed by atoms with E-state index in [-0.39, 0.29) is 5.91 Å². The number of aliphatic imine (C=N–C) groups is 1. The largest absolute Gasteiger partial charge is 0.497 e. The SMILES string of the molecule is COc1ccc(/C=C2/C(=O)N=C3SCCN32)c(OC)c1. The van der Waals surface area contributed by atoms with Gasteiger partial charge >= 0.3 is 0 Å². The second-order valence-corrected chi connectivity index (χ2v) is 5.40. The number of thioether (sulfide) groups is 1. The predicted octanol–water partition coefficient (Wildman–Crippen LogP) is 1.99. The zero-order chi connectivity index (χ0) is 14.1. The molecule has 2 heterocycles. The maximum absolute atomic E-state index is 11.9. The molecule has 6 heteroatoms. The molecule has 2 aliphatic rings. The number of carbonyl (C=O) groups excluding carboxylic acids is 1. The highest BCUT2D eigenvalue weighted by Gasteiger charge is 2.33. The van der Waals surface area contributed by atoms with Crippen molar-refractivity contribution in [3.63, 3.8) is 0 Å². The van der Waals surface area contributed by atoms with Gasteiger partial charge in [-0.15, -0.1) is 0 Å². The molecule has 0 N–H and O–H groups in total. The molecule has 20 heavy (non-hydrogen) atoms. The van der Waals surface area contributed by atoms with Gasteiger partial charge in [0.15, 0.2) is 5.17 Å². The number of fused-ring (bicyclic) bond motifs is 1. The minimum atomic E-state index is -0.190. The Morgan fingerprint density at radius 3 is 2.95 bits per heavy atom. The number of hydrogen-bond donors (Lipinski definition) is 0. The van der Waals surface area contributed by atoms with Crippen molar-refractivity contribution < 1.29 is 14.3 Å². The highest BCUT2D eigenvalue weighted by atomic mass is 32.2. The molecular formula is C14H14N2O3S. The molecule has 2 aliphatic heterocycles. The van der Waals surface area contributed by atoms with Gasteiger partial charge in [0.05, 0.1) is 14.2 Å². The van der Waals surface area contributed by atoms with Crippen LogP contribution in [0.25, 0.3) is 6.08 Å². The zero-order valence-electron chi connectivity index (χ0n) is 11.3. The average Bonchev–Trinajstić information content (AvgIpc) is 3.02. The molecule has 0 aromatic heterocycles. The van der Waals surface area contributed by atoms with Gasteiger partial charge in [-0.2, -0.15) is 4.99 Å². The van der Waals surface area contributed by atoms with Gasteiger partial charge in [0.25, 0.3) is 5.91 Å². The molecule has 1 aromatic carbocycles. The number of nitrogens with zero attached hydrogens (tertiary/aromatic N) is 2. The van der Waals surface area contributed by atoms with Gasteiger partial charge in [0.2, 0.25) is 0 Å². The summed E-state index contributed by atoms with van der Waals surface area (Å²) in [6.07, 6.45) is 1.82. The van der Waals surface area contributed by atoms with Gasteiger partial charge in [0.1, 0.15) is 17.2 Å². The summed E-state index contributed by atoms with van der Waals surface area (Å²) in [5.41, 5.74) is 1.44. The topological polar surface area (TPSA) is 51.1 Å². The second-order valence-electron chi connectivity index (χ2n) is 4.34. The van der Waals surface area contributed by atoms with Crippen LogP contribution in [0.4, 0.5) is 0 Å². The van der Waals surface area contributed by atoms with Crippen LogP contribution in [0.1, 0.15) is 5.56 Å². The maximum atomic E-state index is 11.9. The second kappa shape index (κ2) is 5.20. The summed E-state index contributed by atoms with van der Waals surface area (Å²) in [5.74, 6) is 2.16. The summed E-state index contributed by atoms with van der Waals surface area (Å²) in [4.78, 5) is 17.9. The number of amidine groups is 1. The van der Waals surface area contributed by atoms with Gasteiger partial charge in [0, 0.05) is 23.9 Å². The smallest absolute Gasteiger partial charge is 0.296 e. The van der Waals surface area contributed by atoms with E-state index in [0.29, 0.717) is 11.4 Å². The fourth-order valence-electron chi connectivity index (χ4n) is 2.20. The van der Waals surface area contributed by atoms with Gasteiger partial charge in [-0.25, -0.2) is 0 Å². The van der Waals surface area contributed by atoms with E-state index in [0.717, 1.165) is 28.8 Å². The van der Waals surface area contributed by atoms with Crippen LogP contribution < -0.4 is 9.47 Å². The Hall–Kier alpha value is -1.95. The molecular weight excluding hydrogens is 276 g/mol. The Morgan fingerprint density at radius 1 is 1.35 bits per heavy atom. The van der Waals surface area contributed by atoms with Crippen molar-refractivity contribution >= 4 is 28.9 Å². The van der Waals surface area contributed by atoms with Crippen LogP contribution >= 0.6 is 11.8 Å². The first kappa shape index (κ1) is 13.1. The van der Waals surface area contributed by atoms with Crippen molar-refractivity contribution in [3.05, 3.63) is 29.5 Å². The van der Waals surface area contributed by atoms with E-state index in [4.69, 9.17) is 9.47 Å². The molecule has 0 unspecified atom stereocenters. The van der Waals surface area contributed by atoms with E-state index in [1.807, 2.05) is 23.1 Å². The van der Waals surface area contributed by atoms with E-state index < -0.39 is 0 Å². The molecule has 0 saturated carbocycles. The van der Waals surface area contributed by atoms with Crippen molar-refractivity contribution in [1.82, 2.24) is 4.90 Å². The zero-order valence-corrected chi connectivity index (χ0v) is 12.1. The molecule has 1 aromatic rings. The van der Waals surface area contributed by atoms with Crippen LogP contribution in [0.2, 0.25) is 0 Å². The summed E-state index contributed by atoms with van der Waals surface area (Å²) in [6, 6.07) is 5.51. The third kappa shape index (κ3) is 2.16. The van der Waals surface area contributed by atoms with Gasteiger partial charge < -0.3 is 14.4 Å². The Labute approximate surface area is 121 Å². The van der Waals surface area contributed by atoms with E-state index >= 15 is 0 Å². The van der Waals surface area contributed by atoms with Crippen LogP contribution in [-0.4, -0.2) is 42.5 Å². The van der Waals surface area contributed by atoms with Crippen LogP contribution in [-0.2, 0) is 4.79 Å². The quantitative estimate of drug-likeness (QED) is 0.797. The average molecular weight is 290 g/mol. The summed E-state index contributed by atoms with van der Waals surface area (Å²) in [5, 5.41) is 0.800. The molecule has 1 amide bonds. The minimum absolute atomic E-state index is 0.190. The van der Waals surface area contributed by atoms with Crippen LogP contribution in [0.15, 0.2) is 28.9 Å². The lowest BCUT2D eigenvalue weighted by Gasteiger charge is -2.13. The third-order valence-corrected chi connectivity index (χ3v) is 4.17. The number of hydrogen-bond acceptors (Lipinski definition) is 5. The number of benzene rings is 1. The molecule has 5 nitrogen and oxygen atoms in total. The molecule has 0 atom stereocenters. The first-order chi connectivity index (χ1) is 9.72. The molecule has 0 radical (unpaired) electrons. The molecule has 0 bridgehead atoms. The Morgan fingerprint density at radius 2 is 2.20 bits per heavy atom. The van der Waals surface area contributed by atoms with E-state index in [1.165, 1.54) is 0 Å². The number of carbonyl (C=O) groups is 1. The summed E-state index contributed by atoms with van der Waals surface area (Å²) >= 11 is 1.61. The van der Waals surface area contributed by atoms with Crippen molar-refractivity contribution in [1.29, 1.82) is 0 Å². The lowest BCUT2D eigenvalue weighted by atomic mass is 10.1. The van der Waals surface area contributed by atoms with Crippen molar-refractivity contribution in [3.8, 4) is 11.5 Å². The van der Waals surface area contributed by atoms with Gasteiger partial charge in [-0.3, -0.25) is 4.79 Å². The van der Waals surface area contributed by atoms with Gasteiger partial charge in [-0.1, -0.05) is 11.8 Å². The highest BCUT2D eigenvalue weighted by molar-refractivity contribution is 8.14. The molecule has 1 saturated heterocycles. The van der Waals surface area contributed by atoms with E-state index in [9.17, 15) is 4.79 Å². The van der Waals surface area contributed by atoms with E-state index in [1.54, 1.807) is 32.0 Å². The fourth-order valence-corrected chi connectivity index (χ4v) is 3.15. The van der Waals surface area contributed by atoms with Crippen molar-refractivity contribution in [2.45, 2.75) is 0 Å². The Kier molecular flexibility index (Phi) is 3.40. The summed E-state index contributed by atoms with van der Waals surface area (Å²) in [7, 11) is 3.20. The predicted molar refractivity (Wildman–Crippen MR) is 79.1 cm³/mol. The third-order valence-electron chi connectivity index (χ3n) is 3.22. The van der Waals surface area contributed by atoms with Crippen LogP contribution in [0.5, 0.6) is 11.5 Å². The van der Waals surface area contributed by atoms with Crippen LogP contribution in [0, 0.1) is 0 Å². The first-order valence-corrected chi connectivity index (χ1v) is 7.18. The van der Waals surface area contributed by atoms with E-state index in [2.05, 4.69) is 4.99 Å². The molecule has 1 fully saturated rings. The van der Waals surface area contributed by atoms with Crippen molar-refractivity contribution in [2.24, 2.45) is 4.99 Å². The lowest BCUT2D eigenvalue weighted by molar-refractivity contribution is -0.114. The normalized spacial score (nSPS) is 19.3. The van der Waals surface area contributed by atoms with Crippen LogP contribution in [0.3, 0.4) is 0 Å². The van der Waals surface area contributed by atoms with Gasteiger partial charge in [-0.05, 0) is 18.2 Å². The molecule has 3 rings (SSSR count). The Balaban J connectivity index is 1.98. The molecule has 0 aliphatic carbocycles. The minimum Gasteiger partial charge on any atom is -0.497 e. The number of rotatable bonds is 3. The maximum Gasteiger partial charge on any atom is 0.296 e. The van der Waals surface area contributed by atoms with Crippen molar-refractivity contribution in [2.75, 3.05) is 26.5 Å². The number of methoxy groups -OCH3 is 2. The fraction of sp³-hybridized carbons (Fsp3) is 0.286. The monoisotopic (exact) mass is 290 g/mol. The summed E-state index contributed by atoms with van der Waals surface area (Å²) < 4.78 is 10.5. The summed E-state index contributed by atoms with van der Waals surface area (Å²) in [6.45, 7) is 0.819. The number of ether oxygens (including phenoxy) is 2.